The molecular formula is C22H26N4O2. The predicted molar refractivity (Wildman–Crippen MR) is 108 cm³/mol. The Bertz CT molecular complexity index is 972. The van der Waals surface area contributed by atoms with Gasteiger partial charge in [0.15, 0.2) is 0 Å². The SMILES string of the molecule is Cc1cccn2cc(COc3ccc(C(=O)NCC4(N)CCCC4)cc3)nc12. The Morgan fingerprint density at radius 2 is 2.00 bits per heavy atom. The summed E-state index contributed by atoms with van der Waals surface area (Å²) in [5.41, 5.74) is 9.59. The third-order valence-electron chi connectivity index (χ3n) is 5.43. The summed E-state index contributed by atoms with van der Waals surface area (Å²) < 4.78 is 7.82. The van der Waals surface area contributed by atoms with E-state index in [4.69, 9.17) is 10.5 Å². The number of carbonyl (C=O) groups excluding carboxylic acids is 1. The van der Waals surface area contributed by atoms with E-state index in [1.54, 1.807) is 12.1 Å². The molecule has 3 N–H and O–H groups in total. The summed E-state index contributed by atoms with van der Waals surface area (Å²) in [6.07, 6.45) is 8.18. The molecule has 0 aliphatic heterocycles. The molecule has 1 aliphatic carbocycles. The third kappa shape index (κ3) is 4.02. The van der Waals surface area contributed by atoms with Gasteiger partial charge in [-0.15, -0.1) is 0 Å². The third-order valence-corrected chi connectivity index (χ3v) is 5.43. The van der Waals surface area contributed by atoms with Crippen LogP contribution < -0.4 is 15.8 Å². The number of rotatable bonds is 6. The van der Waals surface area contributed by atoms with Crippen molar-refractivity contribution in [3.05, 3.63) is 65.6 Å². The lowest BCUT2D eigenvalue weighted by Gasteiger charge is -2.23. The van der Waals surface area contributed by atoms with Crippen LogP contribution in [0.3, 0.4) is 0 Å². The van der Waals surface area contributed by atoms with Crippen molar-refractivity contribution in [1.29, 1.82) is 0 Å². The fourth-order valence-corrected chi connectivity index (χ4v) is 3.75. The summed E-state index contributed by atoms with van der Waals surface area (Å²) in [6, 6.07) is 11.2. The molecule has 1 aromatic carbocycles. The van der Waals surface area contributed by atoms with E-state index < -0.39 is 0 Å². The van der Waals surface area contributed by atoms with Gasteiger partial charge in [-0.1, -0.05) is 18.9 Å². The number of fused-ring (bicyclic) bond motifs is 1. The highest BCUT2D eigenvalue weighted by molar-refractivity contribution is 5.94. The maximum atomic E-state index is 12.3. The zero-order valence-corrected chi connectivity index (χ0v) is 16.1. The van der Waals surface area contributed by atoms with Crippen LogP contribution in [0, 0.1) is 6.92 Å². The minimum atomic E-state index is -0.245. The van der Waals surface area contributed by atoms with Gasteiger partial charge in [0.25, 0.3) is 5.91 Å². The summed E-state index contributed by atoms with van der Waals surface area (Å²) in [5.74, 6) is 0.607. The van der Waals surface area contributed by atoms with E-state index in [2.05, 4.69) is 10.3 Å². The van der Waals surface area contributed by atoms with Crippen LogP contribution in [0.4, 0.5) is 0 Å². The van der Waals surface area contributed by atoms with Crippen molar-refractivity contribution < 1.29 is 9.53 Å². The van der Waals surface area contributed by atoms with Gasteiger partial charge in [-0.05, 0) is 55.7 Å². The van der Waals surface area contributed by atoms with E-state index in [-0.39, 0.29) is 11.4 Å². The highest BCUT2D eigenvalue weighted by Crippen LogP contribution is 2.26. The van der Waals surface area contributed by atoms with Gasteiger partial charge in [-0.2, -0.15) is 0 Å². The van der Waals surface area contributed by atoms with Gasteiger partial charge in [0, 0.05) is 30.0 Å². The summed E-state index contributed by atoms with van der Waals surface area (Å²) >= 11 is 0. The Morgan fingerprint density at radius 3 is 2.71 bits per heavy atom. The fraction of sp³-hybridized carbons (Fsp3) is 0.364. The molecule has 1 aliphatic rings. The van der Waals surface area contributed by atoms with Crippen molar-refractivity contribution in [3.8, 4) is 5.75 Å². The van der Waals surface area contributed by atoms with Gasteiger partial charge in [-0.3, -0.25) is 4.79 Å². The van der Waals surface area contributed by atoms with Crippen molar-refractivity contribution in [2.75, 3.05) is 6.54 Å². The molecule has 1 amide bonds. The highest BCUT2D eigenvalue weighted by Gasteiger charge is 2.29. The molecule has 2 heterocycles. The summed E-state index contributed by atoms with van der Waals surface area (Å²) in [7, 11) is 0. The minimum Gasteiger partial charge on any atom is -0.487 e. The molecule has 6 heteroatoms. The molecule has 0 spiro atoms. The second kappa shape index (κ2) is 7.64. The number of imidazole rings is 1. The second-order valence-corrected chi connectivity index (χ2v) is 7.72. The first-order valence-electron chi connectivity index (χ1n) is 9.76. The Labute approximate surface area is 164 Å². The van der Waals surface area contributed by atoms with E-state index in [1.165, 1.54) is 0 Å². The van der Waals surface area contributed by atoms with Crippen LogP contribution in [0.2, 0.25) is 0 Å². The first-order valence-corrected chi connectivity index (χ1v) is 9.76. The molecule has 0 saturated heterocycles. The van der Waals surface area contributed by atoms with Crippen LogP contribution in [0.25, 0.3) is 5.65 Å². The Hall–Kier alpha value is -2.86. The first kappa shape index (κ1) is 18.5. The molecule has 4 rings (SSSR count). The first-order chi connectivity index (χ1) is 13.5. The molecule has 28 heavy (non-hydrogen) atoms. The summed E-state index contributed by atoms with van der Waals surface area (Å²) in [5, 5.41) is 2.96. The van der Waals surface area contributed by atoms with E-state index in [9.17, 15) is 4.79 Å². The van der Waals surface area contributed by atoms with Crippen LogP contribution in [-0.2, 0) is 6.61 Å². The van der Waals surface area contributed by atoms with Crippen LogP contribution in [-0.4, -0.2) is 27.4 Å². The second-order valence-electron chi connectivity index (χ2n) is 7.72. The zero-order chi connectivity index (χ0) is 19.6. The minimum absolute atomic E-state index is 0.0981. The number of nitrogens with zero attached hydrogens (tertiary/aromatic N) is 2. The highest BCUT2D eigenvalue weighted by atomic mass is 16.5. The van der Waals surface area contributed by atoms with Crippen molar-refractivity contribution in [3.63, 3.8) is 0 Å². The number of aromatic nitrogens is 2. The normalized spacial score (nSPS) is 15.6. The maximum Gasteiger partial charge on any atom is 0.251 e. The lowest BCUT2D eigenvalue weighted by molar-refractivity contribution is 0.0943. The smallest absolute Gasteiger partial charge is 0.251 e. The number of amides is 1. The summed E-state index contributed by atoms with van der Waals surface area (Å²) in [6.45, 7) is 2.94. The average molecular weight is 378 g/mol. The van der Waals surface area contributed by atoms with Crippen molar-refractivity contribution in [1.82, 2.24) is 14.7 Å². The number of pyridine rings is 1. The Balaban J connectivity index is 1.33. The fourth-order valence-electron chi connectivity index (χ4n) is 3.75. The molecule has 6 nitrogen and oxygen atoms in total. The number of carbonyl (C=O) groups is 1. The van der Waals surface area contributed by atoms with Gasteiger partial charge in [0.05, 0.1) is 5.69 Å². The van der Waals surface area contributed by atoms with Gasteiger partial charge in [-0.25, -0.2) is 4.98 Å². The molecule has 0 unspecified atom stereocenters. The summed E-state index contributed by atoms with van der Waals surface area (Å²) in [4.78, 5) is 16.9. The quantitative estimate of drug-likeness (QED) is 0.690. The van der Waals surface area contributed by atoms with Gasteiger partial charge >= 0.3 is 0 Å². The lowest BCUT2D eigenvalue weighted by atomic mass is 9.99. The van der Waals surface area contributed by atoms with Crippen molar-refractivity contribution in [2.45, 2.75) is 44.8 Å². The standard InChI is InChI=1S/C22H26N4O2/c1-16-5-4-12-26-13-18(25-20(16)26)14-28-19-8-6-17(7-9-19)21(27)24-15-22(23)10-2-3-11-22/h4-9,12-13H,2-3,10-11,14-15,23H2,1H3,(H,24,27). The molecule has 1 fully saturated rings. The number of nitrogens with one attached hydrogen (secondary N) is 1. The van der Waals surface area contributed by atoms with Crippen LogP contribution in [0.1, 0.15) is 47.3 Å². The van der Waals surface area contributed by atoms with Gasteiger partial charge in [0.2, 0.25) is 0 Å². The number of hydrogen-bond donors (Lipinski definition) is 2. The lowest BCUT2D eigenvalue weighted by Crippen LogP contribution is -2.47. The molecule has 0 bridgehead atoms. The predicted octanol–water partition coefficient (Wildman–Crippen LogP) is 3.22. The van der Waals surface area contributed by atoms with Crippen LogP contribution in [0.15, 0.2) is 48.8 Å². The number of aryl methyl sites for hydroxylation is 1. The van der Waals surface area contributed by atoms with E-state index in [0.29, 0.717) is 24.5 Å². The van der Waals surface area contributed by atoms with E-state index in [1.807, 2.05) is 48.0 Å². The molecule has 146 valence electrons. The Morgan fingerprint density at radius 1 is 1.25 bits per heavy atom. The topological polar surface area (TPSA) is 81.7 Å². The van der Waals surface area contributed by atoms with Crippen LogP contribution >= 0.6 is 0 Å². The molecule has 0 atom stereocenters. The van der Waals surface area contributed by atoms with E-state index >= 15 is 0 Å². The van der Waals surface area contributed by atoms with Crippen molar-refractivity contribution >= 4 is 11.6 Å². The van der Waals surface area contributed by atoms with Crippen molar-refractivity contribution in [2.24, 2.45) is 5.73 Å². The van der Waals surface area contributed by atoms with Gasteiger partial charge in [0.1, 0.15) is 18.0 Å². The number of ether oxygens (including phenoxy) is 1. The molecular weight excluding hydrogens is 352 g/mol. The largest absolute Gasteiger partial charge is 0.487 e. The zero-order valence-electron chi connectivity index (χ0n) is 16.1. The molecule has 2 aromatic heterocycles. The monoisotopic (exact) mass is 378 g/mol. The molecule has 0 radical (unpaired) electrons. The molecule has 3 aromatic rings. The van der Waals surface area contributed by atoms with Crippen LogP contribution in [0.5, 0.6) is 5.75 Å². The average Bonchev–Trinajstić information content (AvgIpc) is 3.32. The number of nitrogens with two attached hydrogens (primary N) is 1. The number of benzene rings is 1. The maximum absolute atomic E-state index is 12.3. The van der Waals surface area contributed by atoms with E-state index in [0.717, 1.165) is 42.6 Å². The number of hydrogen-bond acceptors (Lipinski definition) is 4. The Kier molecular flexibility index (Phi) is 5.05. The van der Waals surface area contributed by atoms with Gasteiger partial charge < -0.3 is 20.2 Å². The molecule has 1 saturated carbocycles.